The molecule has 0 aromatic heterocycles. The van der Waals surface area contributed by atoms with E-state index in [9.17, 15) is 12.8 Å². The topological polar surface area (TPSA) is 63.4 Å². The van der Waals surface area contributed by atoms with Crippen molar-refractivity contribution in [3.63, 3.8) is 0 Å². The first-order valence-corrected chi connectivity index (χ1v) is 7.35. The molecule has 1 fully saturated rings. The molecule has 1 aromatic carbocycles. The van der Waals surface area contributed by atoms with Crippen LogP contribution >= 0.6 is 15.9 Å². The molecule has 7 heteroatoms. The predicted molar refractivity (Wildman–Crippen MR) is 65.5 cm³/mol. The molecule has 0 amide bonds. The fourth-order valence-electron chi connectivity index (χ4n) is 1.79. The van der Waals surface area contributed by atoms with E-state index in [0.717, 1.165) is 6.07 Å². The molecule has 1 aliphatic rings. The Balaban J connectivity index is 2.41. The summed E-state index contributed by atoms with van der Waals surface area (Å²) in [5.41, 5.74) is 5.66. The largest absolute Gasteiger partial charge is 0.326 e. The van der Waals surface area contributed by atoms with Gasteiger partial charge in [0.05, 0.1) is 0 Å². The number of sulfonamides is 1. The van der Waals surface area contributed by atoms with Gasteiger partial charge in [0.25, 0.3) is 0 Å². The molecule has 4 nitrogen and oxygen atoms in total. The first-order valence-electron chi connectivity index (χ1n) is 5.12. The number of hydrogen-bond acceptors (Lipinski definition) is 3. The number of nitrogens with zero attached hydrogens (tertiary/aromatic N) is 1. The zero-order valence-electron chi connectivity index (χ0n) is 8.94. The Bertz CT molecular complexity index is 535. The number of benzene rings is 1. The van der Waals surface area contributed by atoms with Gasteiger partial charge in [-0.2, -0.15) is 4.31 Å². The van der Waals surface area contributed by atoms with E-state index in [2.05, 4.69) is 15.9 Å². The van der Waals surface area contributed by atoms with Crippen molar-refractivity contribution in [3.8, 4) is 0 Å². The first kappa shape index (κ1) is 12.9. The van der Waals surface area contributed by atoms with E-state index >= 15 is 0 Å². The fraction of sp³-hybridized carbons (Fsp3) is 0.400. The molecule has 0 aliphatic carbocycles. The molecule has 1 aromatic rings. The minimum atomic E-state index is -3.78. The van der Waals surface area contributed by atoms with E-state index in [1.165, 1.54) is 16.4 Å². The summed E-state index contributed by atoms with van der Waals surface area (Å²) in [5, 5.41) is 0. The highest BCUT2D eigenvalue weighted by Gasteiger charge is 2.32. The third kappa shape index (κ3) is 2.52. The zero-order valence-corrected chi connectivity index (χ0v) is 11.3. The van der Waals surface area contributed by atoms with Gasteiger partial charge in [-0.3, -0.25) is 0 Å². The summed E-state index contributed by atoms with van der Waals surface area (Å²) in [7, 11) is -3.78. The van der Waals surface area contributed by atoms with Crippen LogP contribution in [-0.4, -0.2) is 31.9 Å². The van der Waals surface area contributed by atoms with Crippen LogP contribution in [-0.2, 0) is 10.0 Å². The molecule has 2 N–H and O–H groups in total. The molecule has 0 radical (unpaired) electrons. The third-order valence-electron chi connectivity index (χ3n) is 2.70. The van der Waals surface area contributed by atoms with Crippen LogP contribution in [0.15, 0.2) is 27.6 Å². The summed E-state index contributed by atoms with van der Waals surface area (Å²) in [6, 6.07) is 3.70. The van der Waals surface area contributed by atoms with Crippen LogP contribution in [0.1, 0.15) is 6.42 Å². The molecule has 1 atom stereocenters. The van der Waals surface area contributed by atoms with E-state index < -0.39 is 15.8 Å². The van der Waals surface area contributed by atoms with E-state index in [-0.39, 0.29) is 17.5 Å². The molecule has 0 spiro atoms. The van der Waals surface area contributed by atoms with E-state index in [1.807, 2.05) is 0 Å². The summed E-state index contributed by atoms with van der Waals surface area (Å²) in [6.45, 7) is 0.587. The standard InChI is InChI=1S/C10H12BrFN2O2S/c11-7-1-2-9(12)10(5-7)17(15,16)14-4-3-8(13)6-14/h1-2,5,8H,3-4,6,13H2/t8-/m0/s1. The van der Waals surface area contributed by atoms with Crippen molar-refractivity contribution in [2.45, 2.75) is 17.4 Å². The lowest BCUT2D eigenvalue weighted by Gasteiger charge is -2.16. The van der Waals surface area contributed by atoms with Crippen molar-refractivity contribution < 1.29 is 12.8 Å². The molecule has 0 saturated carbocycles. The third-order valence-corrected chi connectivity index (χ3v) is 5.07. The molecule has 17 heavy (non-hydrogen) atoms. The molecule has 0 unspecified atom stereocenters. The van der Waals surface area contributed by atoms with Gasteiger partial charge < -0.3 is 5.73 Å². The Morgan fingerprint density at radius 1 is 1.47 bits per heavy atom. The van der Waals surface area contributed by atoms with Crippen molar-refractivity contribution in [1.82, 2.24) is 4.31 Å². The lowest BCUT2D eigenvalue weighted by atomic mass is 10.3. The van der Waals surface area contributed by atoms with E-state index in [0.29, 0.717) is 17.4 Å². The molecule has 0 bridgehead atoms. The highest BCUT2D eigenvalue weighted by atomic mass is 79.9. The van der Waals surface area contributed by atoms with E-state index in [4.69, 9.17) is 5.73 Å². The smallest absolute Gasteiger partial charge is 0.246 e. The van der Waals surface area contributed by atoms with Crippen molar-refractivity contribution in [3.05, 3.63) is 28.5 Å². The second-order valence-corrected chi connectivity index (χ2v) is 6.81. The monoisotopic (exact) mass is 322 g/mol. The van der Waals surface area contributed by atoms with Gasteiger partial charge in [-0.15, -0.1) is 0 Å². The molecular formula is C10H12BrFN2O2S. The summed E-state index contributed by atoms with van der Waals surface area (Å²) >= 11 is 3.13. The van der Waals surface area contributed by atoms with Gasteiger partial charge in [0.1, 0.15) is 10.7 Å². The number of nitrogens with two attached hydrogens (primary N) is 1. The second-order valence-electron chi connectivity index (χ2n) is 3.99. The Labute approximate surface area is 108 Å². The van der Waals surface area contributed by atoms with Gasteiger partial charge in [-0.05, 0) is 24.6 Å². The average molecular weight is 323 g/mol. The lowest BCUT2D eigenvalue weighted by molar-refractivity contribution is 0.465. The van der Waals surface area contributed by atoms with Crippen LogP contribution in [0.25, 0.3) is 0 Å². The Morgan fingerprint density at radius 3 is 2.76 bits per heavy atom. The maximum atomic E-state index is 13.6. The highest BCUT2D eigenvalue weighted by Crippen LogP contribution is 2.25. The lowest BCUT2D eigenvalue weighted by Crippen LogP contribution is -2.32. The van der Waals surface area contributed by atoms with Crippen molar-refractivity contribution >= 4 is 26.0 Å². The number of rotatable bonds is 2. The van der Waals surface area contributed by atoms with Gasteiger partial charge in [0.2, 0.25) is 10.0 Å². The zero-order chi connectivity index (χ0) is 12.6. The molecule has 1 saturated heterocycles. The normalized spacial score (nSPS) is 21.9. The Kier molecular flexibility index (Phi) is 3.53. The Morgan fingerprint density at radius 2 is 2.18 bits per heavy atom. The van der Waals surface area contributed by atoms with Crippen LogP contribution in [0, 0.1) is 5.82 Å². The summed E-state index contributed by atoms with van der Waals surface area (Å²) in [4.78, 5) is -0.305. The van der Waals surface area contributed by atoms with Crippen LogP contribution in [0.3, 0.4) is 0 Å². The molecule has 94 valence electrons. The van der Waals surface area contributed by atoms with Gasteiger partial charge in [0.15, 0.2) is 0 Å². The van der Waals surface area contributed by atoms with Crippen LogP contribution in [0.5, 0.6) is 0 Å². The maximum absolute atomic E-state index is 13.6. The second kappa shape index (κ2) is 4.64. The molecule has 1 heterocycles. The molecule has 1 aliphatic heterocycles. The predicted octanol–water partition coefficient (Wildman–Crippen LogP) is 1.31. The van der Waals surface area contributed by atoms with Gasteiger partial charge in [0, 0.05) is 23.6 Å². The van der Waals surface area contributed by atoms with Crippen molar-refractivity contribution in [2.75, 3.05) is 13.1 Å². The van der Waals surface area contributed by atoms with Crippen molar-refractivity contribution in [1.29, 1.82) is 0 Å². The minimum Gasteiger partial charge on any atom is -0.326 e. The quantitative estimate of drug-likeness (QED) is 0.893. The average Bonchev–Trinajstić information content (AvgIpc) is 2.69. The first-order chi connectivity index (χ1) is 7.91. The van der Waals surface area contributed by atoms with E-state index in [1.54, 1.807) is 0 Å². The minimum absolute atomic E-state index is 0.167. The SMILES string of the molecule is N[C@H]1CCN(S(=O)(=O)c2cc(Br)ccc2F)C1. The summed E-state index contributed by atoms with van der Waals surface area (Å²) < 4.78 is 39.6. The highest BCUT2D eigenvalue weighted by molar-refractivity contribution is 9.10. The van der Waals surface area contributed by atoms with Crippen LogP contribution in [0.2, 0.25) is 0 Å². The maximum Gasteiger partial charge on any atom is 0.246 e. The van der Waals surface area contributed by atoms with Crippen LogP contribution in [0.4, 0.5) is 4.39 Å². The summed E-state index contributed by atoms with van der Waals surface area (Å²) in [5.74, 6) is -0.742. The van der Waals surface area contributed by atoms with Gasteiger partial charge in [-0.1, -0.05) is 15.9 Å². The molecular weight excluding hydrogens is 311 g/mol. The van der Waals surface area contributed by atoms with Gasteiger partial charge >= 0.3 is 0 Å². The van der Waals surface area contributed by atoms with Crippen LogP contribution < -0.4 is 5.73 Å². The summed E-state index contributed by atoms with van der Waals surface area (Å²) in [6.07, 6.45) is 0.606. The number of hydrogen-bond donors (Lipinski definition) is 1. The van der Waals surface area contributed by atoms with Crippen molar-refractivity contribution in [2.24, 2.45) is 5.73 Å². The Hall–Kier alpha value is -0.500. The van der Waals surface area contributed by atoms with Gasteiger partial charge in [-0.25, -0.2) is 12.8 Å². The number of halogens is 2. The molecule has 2 rings (SSSR count). The fourth-order valence-corrected chi connectivity index (χ4v) is 3.90.